The molecule has 0 saturated heterocycles. The Labute approximate surface area is 170 Å². The van der Waals surface area contributed by atoms with Crippen molar-refractivity contribution in [2.75, 3.05) is 11.9 Å². The summed E-state index contributed by atoms with van der Waals surface area (Å²) in [5.41, 5.74) is 2.44. The van der Waals surface area contributed by atoms with Gasteiger partial charge in [0.05, 0.1) is 6.10 Å². The summed E-state index contributed by atoms with van der Waals surface area (Å²) in [5, 5.41) is 12.1. The van der Waals surface area contributed by atoms with Crippen molar-refractivity contribution in [1.82, 2.24) is 0 Å². The third-order valence-electron chi connectivity index (χ3n) is 3.90. The van der Waals surface area contributed by atoms with Crippen molar-refractivity contribution < 1.29 is 19.1 Å². The first-order valence-electron chi connectivity index (χ1n) is 9.35. The second kappa shape index (κ2) is 10.7. The lowest BCUT2D eigenvalue weighted by molar-refractivity contribution is -0.149. The molecule has 29 heavy (non-hydrogen) atoms. The number of hydrogen-bond acceptors (Lipinski definition) is 5. The monoisotopic (exact) mass is 392 g/mol. The van der Waals surface area contributed by atoms with Gasteiger partial charge >= 0.3 is 5.97 Å². The zero-order chi connectivity index (χ0) is 21.2. The van der Waals surface area contributed by atoms with Crippen LogP contribution in [0, 0.1) is 11.3 Å². The molecule has 0 spiro atoms. The first-order chi connectivity index (χ1) is 13.9. The average molecular weight is 392 g/mol. The summed E-state index contributed by atoms with van der Waals surface area (Å²) in [5.74, 6) is -0.435. The molecule has 0 aliphatic heterocycles. The SMILES string of the molecule is CCc1ccc(NC(=O)C(C#N)=Cc2ccc(OCC(=O)OC(C)C)cc2)cc1. The minimum absolute atomic E-state index is 0.0150. The molecule has 6 heteroatoms. The van der Waals surface area contributed by atoms with Gasteiger partial charge in [0.1, 0.15) is 17.4 Å². The van der Waals surface area contributed by atoms with E-state index in [4.69, 9.17) is 9.47 Å². The van der Waals surface area contributed by atoms with Crippen LogP contribution in [0.4, 0.5) is 5.69 Å². The number of benzene rings is 2. The van der Waals surface area contributed by atoms with E-state index in [1.165, 1.54) is 11.6 Å². The van der Waals surface area contributed by atoms with E-state index in [-0.39, 0.29) is 18.3 Å². The lowest BCUT2D eigenvalue weighted by atomic mass is 10.1. The van der Waals surface area contributed by atoms with E-state index >= 15 is 0 Å². The van der Waals surface area contributed by atoms with Gasteiger partial charge < -0.3 is 14.8 Å². The normalized spacial score (nSPS) is 10.9. The number of nitrogens with zero attached hydrogens (tertiary/aromatic N) is 1. The molecule has 0 aliphatic rings. The summed E-state index contributed by atoms with van der Waals surface area (Å²) in [6.45, 7) is 5.40. The van der Waals surface area contributed by atoms with Crippen LogP contribution < -0.4 is 10.1 Å². The number of carbonyl (C=O) groups excluding carboxylic acids is 2. The number of ether oxygens (including phenoxy) is 2. The van der Waals surface area contributed by atoms with Crippen LogP contribution in [-0.4, -0.2) is 24.6 Å². The van der Waals surface area contributed by atoms with Crippen molar-refractivity contribution in [3.8, 4) is 11.8 Å². The van der Waals surface area contributed by atoms with E-state index < -0.39 is 11.9 Å². The van der Waals surface area contributed by atoms with Crippen LogP contribution in [-0.2, 0) is 20.7 Å². The number of hydrogen-bond donors (Lipinski definition) is 1. The molecule has 0 heterocycles. The number of carbonyl (C=O) groups is 2. The highest BCUT2D eigenvalue weighted by Gasteiger charge is 2.10. The maximum absolute atomic E-state index is 12.4. The second-order valence-corrected chi connectivity index (χ2v) is 6.57. The quantitative estimate of drug-likeness (QED) is 0.415. The van der Waals surface area contributed by atoms with Crippen LogP contribution in [0.15, 0.2) is 54.1 Å². The van der Waals surface area contributed by atoms with Crippen molar-refractivity contribution in [2.45, 2.75) is 33.3 Å². The Morgan fingerprint density at radius 1 is 1.10 bits per heavy atom. The average Bonchev–Trinajstić information content (AvgIpc) is 2.71. The number of aryl methyl sites for hydroxylation is 1. The molecule has 0 aromatic heterocycles. The van der Waals surface area contributed by atoms with E-state index in [0.29, 0.717) is 17.0 Å². The molecule has 6 nitrogen and oxygen atoms in total. The highest BCUT2D eigenvalue weighted by Crippen LogP contribution is 2.16. The van der Waals surface area contributed by atoms with Gasteiger partial charge in [-0.1, -0.05) is 31.2 Å². The van der Waals surface area contributed by atoms with Gasteiger partial charge in [-0.05, 0) is 61.7 Å². The summed E-state index contributed by atoms with van der Waals surface area (Å²) in [6, 6.07) is 16.1. The fraction of sp³-hybridized carbons (Fsp3) is 0.261. The topological polar surface area (TPSA) is 88.4 Å². The standard InChI is InChI=1S/C23H24N2O4/c1-4-17-5-9-20(10-6-17)25-23(27)19(14-24)13-18-7-11-21(12-8-18)28-15-22(26)29-16(2)3/h5-13,16H,4,15H2,1-3H3,(H,25,27). The molecule has 2 aromatic carbocycles. The summed E-state index contributed by atoms with van der Waals surface area (Å²) in [4.78, 5) is 23.9. The molecule has 0 bridgehead atoms. The fourth-order valence-electron chi connectivity index (χ4n) is 2.44. The first-order valence-corrected chi connectivity index (χ1v) is 9.35. The van der Waals surface area contributed by atoms with Gasteiger partial charge in [0, 0.05) is 5.69 Å². The Kier molecular flexibility index (Phi) is 7.99. The first kappa shape index (κ1) is 21.7. The number of nitriles is 1. The van der Waals surface area contributed by atoms with Crippen molar-refractivity contribution in [3.05, 3.63) is 65.2 Å². The predicted molar refractivity (Wildman–Crippen MR) is 111 cm³/mol. The van der Waals surface area contributed by atoms with E-state index in [2.05, 4.69) is 12.2 Å². The third kappa shape index (κ3) is 7.15. The lowest BCUT2D eigenvalue weighted by Gasteiger charge is -2.09. The highest BCUT2D eigenvalue weighted by atomic mass is 16.6. The van der Waals surface area contributed by atoms with Gasteiger partial charge in [-0.2, -0.15) is 5.26 Å². The van der Waals surface area contributed by atoms with E-state index in [1.807, 2.05) is 30.3 Å². The van der Waals surface area contributed by atoms with Crippen molar-refractivity contribution in [1.29, 1.82) is 5.26 Å². The predicted octanol–water partition coefficient (Wildman–Crippen LogP) is 4.13. The Hall–Kier alpha value is -3.59. The molecule has 150 valence electrons. The molecule has 1 amide bonds. The number of nitrogens with one attached hydrogen (secondary N) is 1. The molecule has 0 aliphatic carbocycles. The van der Waals surface area contributed by atoms with Gasteiger partial charge in [-0.15, -0.1) is 0 Å². The fourth-order valence-corrected chi connectivity index (χ4v) is 2.44. The molecule has 0 unspecified atom stereocenters. The summed E-state index contributed by atoms with van der Waals surface area (Å²) >= 11 is 0. The minimum atomic E-state index is -0.478. The molecule has 0 fully saturated rings. The number of amides is 1. The number of rotatable bonds is 8. The highest BCUT2D eigenvalue weighted by molar-refractivity contribution is 6.09. The van der Waals surface area contributed by atoms with Crippen molar-refractivity contribution in [2.24, 2.45) is 0 Å². The maximum atomic E-state index is 12.4. The van der Waals surface area contributed by atoms with E-state index in [0.717, 1.165) is 6.42 Å². The molecule has 0 radical (unpaired) electrons. The zero-order valence-electron chi connectivity index (χ0n) is 16.8. The molecule has 1 N–H and O–H groups in total. The van der Waals surface area contributed by atoms with Crippen LogP contribution in [0.1, 0.15) is 31.9 Å². The van der Waals surface area contributed by atoms with Gasteiger partial charge in [0.25, 0.3) is 5.91 Å². The Morgan fingerprint density at radius 3 is 2.31 bits per heavy atom. The van der Waals surface area contributed by atoms with E-state index in [9.17, 15) is 14.9 Å². The molecule has 2 aromatic rings. The summed E-state index contributed by atoms with van der Waals surface area (Å²) in [6.07, 6.45) is 2.21. The number of esters is 1. The molecular weight excluding hydrogens is 368 g/mol. The van der Waals surface area contributed by atoms with Crippen molar-refractivity contribution >= 4 is 23.6 Å². The van der Waals surface area contributed by atoms with Crippen LogP contribution in [0.2, 0.25) is 0 Å². The van der Waals surface area contributed by atoms with Gasteiger partial charge in [0.15, 0.2) is 6.61 Å². The van der Waals surface area contributed by atoms with Gasteiger partial charge in [0.2, 0.25) is 0 Å². The molecule has 2 rings (SSSR count). The second-order valence-electron chi connectivity index (χ2n) is 6.57. The Morgan fingerprint density at radius 2 is 1.76 bits per heavy atom. The van der Waals surface area contributed by atoms with E-state index in [1.54, 1.807) is 38.1 Å². The minimum Gasteiger partial charge on any atom is -0.482 e. The van der Waals surface area contributed by atoms with Crippen molar-refractivity contribution in [3.63, 3.8) is 0 Å². The van der Waals surface area contributed by atoms with Crippen LogP contribution in [0.3, 0.4) is 0 Å². The van der Waals surface area contributed by atoms with Crippen LogP contribution in [0.25, 0.3) is 6.08 Å². The lowest BCUT2D eigenvalue weighted by Crippen LogP contribution is -2.18. The van der Waals surface area contributed by atoms with Gasteiger partial charge in [-0.3, -0.25) is 4.79 Å². The molecular formula is C23H24N2O4. The zero-order valence-corrected chi connectivity index (χ0v) is 16.8. The molecule has 0 atom stereocenters. The van der Waals surface area contributed by atoms with Crippen LogP contribution in [0.5, 0.6) is 5.75 Å². The molecule has 0 saturated carbocycles. The summed E-state index contributed by atoms with van der Waals surface area (Å²) in [7, 11) is 0. The van der Waals surface area contributed by atoms with Gasteiger partial charge in [-0.25, -0.2) is 4.79 Å². The maximum Gasteiger partial charge on any atom is 0.344 e. The third-order valence-corrected chi connectivity index (χ3v) is 3.90. The van der Waals surface area contributed by atoms with Crippen LogP contribution >= 0.6 is 0 Å². The Balaban J connectivity index is 1.99. The number of anilines is 1. The largest absolute Gasteiger partial charge is 0.482 e. The summed E-state index contributed by atoms with van der Waals surface area (Å²) < 4.78 is 10.4. The smallest absolute Gasteiger partial charge is 0.344 e. The Bertz CT molecular complexity index is 907.